The highest BCUT2D eigenvalue weighted by Gasteiger charge is 2.57. The molecule has 7 heteroatoms. The fourth-order valence-corrected chi connectivity index (χ4v) is 3.27. The van der Waals surface area contributed by atoms with Crippen LogP contribution in [0.4, 0.5) is 4.39 Å². The van der Waals surface area contributed by atoms with Gasteiger partial charge in [-0.05, 0) is 37.5 Å². The molecule has 1 aliphatic rings. The second-order valence-electron chi connectivity index (χ2n) is 5.59. The Balaban J connectivity index is 2.52. The first-order valence-corrected chi connectivity index (χ1v) is 7.49. The lowest BCUT2D eigenvalue weighted by molar-refractivity contribution is -0.485. The molecule has 1 fully saturated rings. The van der Waals surface area contributed by atoms with Crippen LogP contribution in [0.3, 0.4) is 0 Å². The normalized spacial score (nSPS) is 21.9. The van der Waals surface area contributed by atoms with E-state index in [1.54, 1.807) is 6.92 Å². The van der Waals surface area contributed by atoms with E-state index in [9.17, 15) is 24.1 Å². The zero-order valence-electron chi connectivity index (χ0n) is 12.8. The van der Waals surface area contributed by atoms with Gasteiger partial charge in [0.15, 0.2) is 5.78 Å². The summed E-state index contributed by atoms with van der Waals surface area (Å²) in [4.78, 5) is 35.5. The van der Waals surface area contributed by atoms with Gasteiger partial charge in [-0.2, -0.15) is 0 Å². The maximum atomic E-state index is 13.1. The maximum Gasteiger partial charge on any atom is 0.320 e. The molecule has 0 aliphatic heterocycles. The van der Waals surface area contributed by atoms with Gasteiger partial charge in [-0.3, -0.25) is 19.7 Å². The fourth-order valence-electron chi connectivity index (χ4n) is 3.27. The van der Waals surface area contributed by atoms with Crippen LogP contribution < -0.4 is 0 Å². The molecule has 1 aliphatic carbocycles. The quantitative estimate of drug-likeness (QED) is 0.347. The van der Waals surface area contributed by atoms with Gasteiger partial charge in [0.05, 0.1) is 12.5 Å². The van der Waals surface area contributed by atoms with Gasteiger partial charge in [0, 0.05) is 11.3 Å². The summed E-state index contributed by atoms with van der Waals surface area (Å²) in [5, 5.41) is 11.1. The summed E-state index contributed by atoms with van der Waals surface area (Å²) in [5.74, 6) is -2.52. The number of halogens is 1. The van der Waals surface area contributed by atoms with Crippen LogP contribution in [0.15, 0.2) is 24.3 Å². The Morgan fingerprint density at radius 2 is 2.09 bits per heavy atom. The number of nitro groups is 1. The summed E-state index contributed by atoms with van der Waals surface area (Å²) in [6, 6.07) is 5.10. The number of hydrogen-bond donors (Lipinski definition) is 0. The largest absolute Gasteiger partial charge is 0.465 e. The maximum absolute atomic E-state index is 13.1. The van der Waals surface area contributed by atoms with Crippen molar-refractivity contribution in [3.63, 3.8) is 0 Å². The lowest BCUT2D eigenvalue weighted by atomic mass is 9.70. The highest BCUT2D eigenvalue weighted by Crippen LogP contribution is 2.47. The molecule has 2 rings (SSSR count). The van der Waals surface area contributed by atoms with Gasteiger partial charge < -0.3 is 4.74 Å². The Kier molecular flexibility index (Phi) is 5.08. The molecule has 0 heterocycles. The third-order valence-electron chi connectivity index (χ3n) is 4.31. The first-order valence-electron chi connectivity index (χ1n) is 7.49. The van der Waals surface area contributed by atoms with Crippen molar-refractivity contribution in [2.75, 3.05) is 13.2 Å². The molecule has 124 valence electrons. The molecule has 1 unspecified atom stereocenters. The third-order valence-corrected chi connectivity index (χ3v) is 4.31. The molecule has 1 saturated carbocycles. The van der Waals surface area contributed by atoms with E-state index >= 15 is 0 Å². The van der Waals surface area contributed by atoms with Crippen LogP contribution in [0.2, 0.25) is 0 Å². The number of carbonyl (C=O) groups excluding carboxylic acids is 2. The van der Waals surface area contributed by atoms with Crippen molar-refractivity contribution >= 4 is 11.8 Å². The van der Waals surface area contributed by atoms with Crippen molar-refractivity contribution in [3.8, 4) is 0 Å². The Morgan fingerprint density at radius 3 is 2.57 bits per heavy atom. The minimum Gasteiger partial charge on any atom is -0.465 e. The van der Waals surface area contributed by atoms with Gasteiger partial charge in [0.1, 0.15) is 11.2 Å². The summed E-state index contributed by atoms with van der Waals surface area (Å²) in [6.07, 6.45) is 0.877. The highest BCUT2D eigenvalue weighted by molar-refractivity contribution is 6.06. The van der Waals surface area contributed by atoms with E-state index in [0.29, 0.717) is 12.0 Å². The first kappa shape index (κ1) is 17.1. The average molecular weight is 323 g/mol. The van der Waals surface area contributed by atoms with Gasteiger partial charge in [-0.25, -0.2) is 4.39 Å². The van der Waals surface area contributed by atoms with Crippen molar-refractivity contribution in [2.24, 2.45) is 5.41 Å². The SMILES string of the molecule is CCOC(=O)C1([C@@H](C[N+](=O)[O-])c2ccc(F)cc2)CCCC1=O. The lowest BCUT2D eigenvalue weighted by Crippen LogP contribution is -2.45. The van der Waals surface area contributed by atoms with E-state index in [-0.39, 0.29) is 25.2 Å². The average Bonchev–Trinajstić information content (AvgIpc) is 2.88. The van der Waals surface area contributed by atoms with E-state index in [2.05, 4.69) is 0 Å². The van der Waals surface area contributed by atoms with Crippen LogP contribution in [-0.2, 0) is 14.3 Å². The molecule has 0 aromatic heterocycles. The van der Waals surface area contributed by atoms with Crippen LogP contribution in [-0.4, -0.2) is 29.8 Å². The first-order chi connectivity index (χ1) is 10.9. The summed E-state index contributed by atoms with van der Waals surface area (Å²) in [6.45, 7) is 1.12. The molecule has 0 spiro atoms. The minimum atomic E-state index is -1.55. The van der Waals surface area contributed by atoms with Crippen molar-refractivity contribution in [1.29, 1.82) is 0 Å². The van der Waals surface area contributed by atoms with Gasteiger partial charge in [-0.15, -0.1) is 0 Å². The Bertz CT molecular complexity index is 615. The predicted molar refractivity (Wildman–Crippen MR) is 78.9 cm³/mol. The number of esters is 1. The molecule has 1 aromatic carbocycles. The Labute approximate surface area is 132 Å². The smallest absolute Gasteiger partial charge is 0.320 e. The molecule has 1 aromatic rings. The zero-order chi connectivity index (χ0) is 17.0. The number of Topliss-reactive ketones (excluding diaryl/α,β-unsaturated/α-hetero) is 1. The standard InChI is InChI=1S/C16H18FNO5/c1-2-23-15(20)16(9-3-4-14(16)19)13(10-18(21)22)11-5-7-12(17)8-6-11/h5-8,13H,2-4,9-10H2,1H3/t13-,16?/m0/s1. The third kappa shape index (κ3) is 3.23. The van der Waals surface area contributed by atoms with Crippen molar-refractivity contribution in [1.82, 2.24) is 0 Å². The molecule has 23 heavy (non-hydrogen) atoms. The minimum absolute atomic E-state index is 0.0858. The number of hydrogen-bond acceptors (Lipinski definition) is 5. The Morgan fingerprint density at radius 1 is 1.43 bits per heavy atom. The number of ether oxygens (including phenoxy) is 1. The fraction of sp³-hybridized carbons (Fsp3) is 0.500. The van der Waals surface area contributed by atoms with E-state index < -0.39 is 34.6 Å². The number of benzene rings is 1. The summed E-state index contributed by atoms with van der Waals surface area (Å²) in [5.41, 5.74) is -1.16. The van der Waals surface area contributed by atoms with Gasteiger partial charge in [-0.1, -0.05) is 12.1 Å². The van der Waals surface area contributed by atoms with Crippen molar-refractivity contribution in [3.05, 3.63) is 45.8 Å². The van der Waals surface area contributed by atoms with Crippen LogP contribution >= 0.6 is 0 Å². The second-order valence-corrected chi connectivity index (χ2v) is 5.59. The van der Waals surface area contributed by atoms with Crippen LogP contribution in [0.1, 0.15) is 37.7 Å². The van der Waals surface area contributed by atoms with Gasteiger partial charge in [0.25, 0.3) is 0 Å². The molecule has 0 amide bonds. The zero-order valence-corrected chi connectivity index (χ0v) is 12.8. The van der Waals surface area contributed by atoms with E-state index in [1.165, 1.54) is 24.3 Å². The van der Waals surface area contributed by atoms with E-state index in [0.717, 1.165) is 0 Å². The van der Waals surface area contributed by atoms with Crippen molar-refractivity contribution < 1.29 is 23.6 Å². The second kappa shape index (κ2) is 6.85. The van der Waals surface area contributed by atoms with Crippen LogP contribution in [0.25, 0.3) is 0 Å². The van der Waals surface area contributed by atoms with E-state index in [4.69, 9.17) is 4.74 Å². The molecular weight excluding hydrogens is 305 g/mol. The van der Waals surface area contributed by atoms with Gasteiger partial charge >= 0.3 is 5.97 Å². The molecule has 0 N–H and O–H groups in total. The summed E-state index contributed by atoms with van der Waals surface area (Å²) in [7, 11) is 0. The predicted octanol–water partition coefficient (Wildman–Crippen LogP) is 2.49. The molecule has 0 radical (unpaired) electrons. The molecule has 0 bridgehead atoms. The lowest BCUT2D eigenvalue weighted by Gasteiger charge is -2.31. The van der Waals surface area contributed by atoms with E-state index in [1.807, 2.05) is 0 Å². The monoisotopic (exact) mass is 323 g/mol. The summed E-state index contributed by atoms with van der Waals surface area (Å²) >= 11 is 0. The number of carbonyl (C=O) groups is 2. The van der Waals surface area contributed by atoms with Gasteiger partial charge in [0.2, 0.25) is 6.54 Å². The molecule has 0 saturated heterocycles. The number of rotatable bonds is 6. The number of nitrogens with zero attached hydrogens (tertiary/aromatic N) is 1. The van der Waals surface area contributed by atoms with Crippen LogP contribution in [0.5, 0.6) is 0 Å². The molecule has 2 atom stereocenters. The molecular formula is C16H18FNO5. The Hall–Kier alpha value is -2.31. The number of ketones is 1. The molecule has 6 nitrogen and oxygen atoms in total. The van der Waals surface area contributed by atoms with Crippen LogP contribution in [0, 0.1) is 21.3 Å². The van der Waals surface area contributed by atoms with Crippen molar-refractivity contribution in [2.45, 2.75) is 32.1 Å². The summed E-state index contributed by atoms with van der Waals surface area (Å²) < 4.78 is 18.2. The topological polar surface area (TPSA) is 86.5 Å². The highest BCUT2D eigenvalue weighted by atomic mass is 19.1.